The van der Waals surface area contributed by atoms with Gasteiger partial charge in [0.1, 0.15) is 18.6 Å². The molecule has 0 radical (unpaired) electrons. The Labute approximate surface area is 213 Å². The minimum atomic E-state index is -1.23. The van der Waals surface area contributed by atoms with E-state index in [1.807, 2.05) is 0 Å². The number of aromatic amines is 1. The van der Waals surface area contributed by atoms with E-state index in [0.29, 0.717) is 18.7 Å². The lowest BCUT2D eigenvalue weighted by molar-refractivity contribution is -0.138. The van der Waals surface area contributed by atoms with Crippen molar-refractivity contribution in [2.24, 2.45) is 22.2 Å². The molecule has 0 aliphatic heterocycles. The highest BCUT2D eigenvalue weighted by Gasteiger charge is 2.29. The molecule has 0 fully saturated rings. The molecular weight excluding hydrogens is 482 g/mol. The van der Waals surface area contributed by atoms with Gasteiger partial charge in [-0.05, 0) is 18.4 Å². The van der Waals surface area contributed by atoms with Crippen LogP contribution < -0.4 is 33.2 Å². The Morgan fingerprint density at radius 1 is 1.00 bits per heavy atom. The summed E-state index contributed by atoms with van der Waals surface area (Å²) in [6.07, 6.45) is 3.81. The standard InChI is InChI=1S/C23H33N9O5/c24-16(7-4-8-28-23(25)26)20(35)31-18(10-15-11-27-13-30-15)22(37)32-17(21(36)29-12-19(33)34)9-14-5-2-1-3-6-14/h1-3,5-6,11,13,16-18H,4,7-10,12,24H2,(H,27,30)(H,29,36)(H,31,35)(H,32,37)(H,33,34)(H4,25,26,28). The van der Waals surface area contributed by atoms with Gasteiger partial charge in [-0.25, -0.2) is 4.98 Å². The fourth-order valence-electron chi connectivity index (χ4n) is 3.37. The third-order valence-corrected chi connectivity index (χ3v) is 5.25. The van der Waals surface area contributed by atoms with Crippen LogP contribution >= 0.6 is 0 Å². The van der Waals surface area contributed by atoms with E-state index in [0.717, 1.165) is 5.56 Å². The zero-order valence-electron chi connectivity index (χ0n) is 20.2. The number of carbonyl (C=O) groups is 4. The van der Waals surface area contributed by atoms with Crippen LogP contribution in [-0.4, -0.2) is 75.9 Å². The second-order valence-corrected chi connectivity index (χ2v) is 8.26. The second-order valence-electron chi connectivity index (χ2n) is 8.26. The Morgan fingerprint density at radius 3 is 2.30 bits per heavy atom. The van der Waals surface area contributed by atoms with Crippen LogP contribution in [0, 0.1) is 0 Å². The molecule has 0 saturated heterocycles. The van der Waals surface area contributed by atoms with E-state index >= 15 is 0 Å². The predicted molar refractivity (Wildman–Crippen MR) is 135 cm³/mol. The van der Waals surface area contributed by atoms with E-state index in [9.17, 15) is 19.2 Å². The minimum Gasteiger partial charge on any atom is -0.480 e. The van der Waals surface area contributed by atoms with Gasteiger partial charge >= 0.3 is 5.97 Å². The number of aliphatic carboxylic acids is 1. The summed E-state index contributed by atoms with van der Waals surface area (Å²) >= 11 is 0. The fraction of sp³-hybridized carbons (Fsp3) is 0.391. The number of hydrogen-bond donors (Lipinski definition) is 8. The van der Waals surface area contributed by atoms with Crippen LogP contribution in [0.5, 0.6) is 0 Å². The molecule has 3 amide bonds. The van der Waals surface area contributed by atoms with Crippen LogP contribution in [0.1, 0.15) is 24.1 Å². The molecule has 0 bridgehead atoms. The summed E-state index contributed by atoms with van der Waals surface area (Å²) in [6.45, 7) is -0.309. The highest BCUT2D eigenvalue weighted by atomic mass is 16.4. The Hall–Kier alpha value is -4.46. The fourth-order valence-corrected chi connectivity index (χ4v) is 3.37. The molecule has 0 aliphatic carbocycles. The largest absolute Gasteiger partial charge is 0.480 e. The number of aromatic nitrogens is 2. The molecule has 0 spiro atoms. The quantitative estimate of drug-likeness (QED) is 0.0724. The van der Waals surface area contributed by atoms with E-state index in [1.54, 1.807) is 30.3 Å². The van der Waals surface area contributed by atoms with Gasteiger partial charge in [0.15, 0.2) is 5.96 Å². The summed E-state index contributed by atoms with van der Waals surface area (Å²) in [6, 6.07) is 5.79. The molecule has 1 aromatic heterocycles. The Kier molecular flexibility index (Phi) is 11.5. The van der Waals surface area contributed by atoms with Gasteiger partial charge in [-0.2, -0.15) is 0 Å². The van der Waals surface area contributed by atoms with E-state index in [2.05, 4.69) is 30.9 Å². The average molecular weight is 516 g/mol. The second kappa shape index (κ2) is 14.8. The van der Waals surface area contributed by atoms with Gasteiger partial charge in [0.25, 0.3) is 0 Å². The normalized spacial score (nSPS) is 13.0. The van der Waals surface area contributed by atoms with Crippen LogP contribution in [0.2, 0.25) is 0 Å². The van der Waals surface area contributed by atoms with Gasteiger partial charge in [-0.15, -0.1) is 0 Å². The summed E-state index contributed by atoms with van der Waals surface area (Å²) in [5.41, 5.74) is 17.9. The SMILES string of the molecule is NC(N)=NCCCC(N)C(=O)NC(Cc1cnc[nH]1)C(=O)NC(Cc1ccccc1)C(=O)NCC(=O)O. The molecule has 1 heterocycles. The van der Waals surface area contributed by atoms with Crippen LogP contribution in [0.3, 0.4) is 0 Å². The number of imidazole rings is 1. The van der Waals surface area contributed by atoms with Crippen molar-refractivity contribution in [3.05, 3.63) is 54.1 Å². The molecule has 0 saturated carbocycles. The van der Waals surface area contributed by atoms with Crippen LogP contribution in [-0.2, 0) is 32.0 Å². The van der Waals surface area contributed by atoms with Crippen LogP contribution in [0.25, 0.3) is 0 Å². The summed E-state index contributed by atoms with van der Waals surface area (Å²) in [4.78, 5) is 60.3. The van der Waals surface area contributed by atoms with Crippen molar-refractivity contribution in [3.8, 4) is 0 Å². The summed E-state index contributed by atoms with van der Waals surface area (Å²) in [5, 5.41) is 16.5. The van der Waals surface area contributed by atoms with Crippen molar-refractivity contribution in [1.29, 1.82) is 0 Å². The topological polar surface area (TPSA) is 244 Å². The number of aliphatic imine (C=N–C) groups is 1. The minimum absolute atomic E-state index is 0.0487. The van der Waals surface area contributed by atoms with Crippen LogP contribution in [0.15, 0.2) is 47.8 Å². The maximum atomic E-state index is 13.3. The molecule has 14 nitrogen and oxygen atoms in total. The lowest BCUT2D eigenvalue weighted by Crippen LogP contribution is -2.57. The summed E-state index contributed by atoms with van der Waals surface area (Å²) < 4.78 is 0. The monoisotopic (exact) mass is 515 g/mol. The number of nitrogens with two attached hydrogens (primary N) is 3. The van der Waals surface area contributed by atoms with E-state index in [4.69, 9.17) is 22.3 Å². The van der Waals surface area contributed by atoms with Gasteiger partial charge in [-0.3, -0.25) is 24.2 Å². The number of H-pyrrole nitrogens is 1. The first-order valence-electron chi connectivity index (χ1n) is 11.6. The van der Waals surface area contributed by atoms with E-state index < -0.39 is 48.4 Å². The smallest absolute Gasteiger partial charge is 0.322 e. The number of benzene rings is 1. The average Bonchev–Trinajstić information content (AvgIpc) is 3.37. The maximum Gasteiger partial charge on any atom is 0.322 e. The molecule has 37 heavy (non-hydrogen) atoms. The highest BCUT2D eigenvalue weighted by Crippen LogP contribution is 2.06. The van der Waals surface area contributed by atoms with Crippen molar-refractivity contribution >= 4 is 29.7 Å². The zero-order valence-corrected chi connectivity index (χ0v) is 20.2. The number of rotatable bonds is 15. The number of carbonyl (C=O) groups excluding carboxylic acids is 3. The van der Waals surface area contributed by atoms with Crippen molar-refractivity contribution in [2.75, 3.05) is 13.1 Å². The number of carboxylic acid groups (broad SMARTS) is 1. The van der Waals surface area contributed by atoms with Crippen molar-refractivity contribution < 1.29 is 24.3 Å². The molecular formula is C23H33N9O5. The third kappa shape index (κ3) is 10.8. The lowest BCUT2D eigenvalue weighted by atomic mass is 10.0. The molecule has 3 unspecified atom stereocenters. The number of carboxylic acids is 1. The number of hydrogen-bond acceptors (Lipinski definition) is 7. The zero-order chi connectivity index (χ0) is 27.2. The lowest BCUT2D eigenvalue weighted by Gasteiger charge is -2.24. The van der Waals surface area contributed by atoms with Gasteiger partial charge in [0.2, 0.25) is 17.7 Å². The molecule has 3 atom stereocenters. The Bertz CT molecular complexity index is 1060. The molecule has 0 aliphatic rings. The van der Waals surface area contributed by atoms with Crippen molar-refractivity contribution in [3.63, 3.8) is 0 Å². The van der Waals surface area contributed by atoms with Gasteiger partial charge in [0, 0.05) is 31.3 Å². The third-order valence-electron chi connectivity index (χ3n) is 5.25. The molecule has 11 N–H and O–H groups in total. The van der Waals surface area contributed by atoms with Gasteiger partial charge in [-0.1, -0.05) is 30.3 Å². The first-order chi connectivity index (χ1) is 17.7. The number of nitrogens with zero attached hydrogens (tertiary/aromatic N) is 2. The number of nitrogens with one attached hydrogen (secondary N) is 4. The number of guanidine groups is 1. The molecule has 200 valence electrons. The summed E-state index contributed by atoms with van der Waals surface area (Å²) in [5.74, 6) is -3.19. The molecule has 2 rings (SSSR count). The Balaban J connectivity index is 2.13. The van der Waals surface area contributed by atoms with Gasteiger partial charge < -0.3 is 43.2 Å². The molecule has 1 aromatic carbocycles. The first kappa shape index (κ1) is 28.8. The molecule has 14 heteroatoms. The van der Waals surface area contributed by atoms with Crippen molar-refractivity contribution in [2.45, 2.75) is 43.8 Å². The highest BCUT2D eigenvalue weighted by molar-refractivity contribution is 5.94. The molecule has 2 aromatic rings. The van der Waals surface area contributed by atoms with E-state index in [1.165, 1.54) is 12.5 Å². The first-order valence-corrected chi connectivity index (χ1v) is 11.6. The van der Waals surface area contributed by atoms with Crippen LogP contribution in [0.4, 0.5) is 0 Å². The van der Waals surface area contributed by atoms with Gasteiger partial charge in [0.05, 0.1) is 12.4 Å². The van der Waals surface area contributed by atoms with E-state index in [-0.39, 0.29) is 25.2 Å². The maximum absolute atomic E-state index is 13.3. The Morgan fingerprint density at radius 2 is 1.68 bits per heavy atom. The number of amides is 3. The summed E-state index contributed by atoms with van der Waals surface area (Å²) in [7, 11) is 0. The van der Waals surface area contributed by atoms with Crippen molar-refractivity contribution in [1.82, 2.24) is 25.9 Å². The predicted octanol–water partition coefficient (Wildman–Crippen LogP) is -2.25.